The Balaban J connectivity index is 2.11. The van der Waals surface area contributed by atoms with Gasteiger partial charge in [-0.3, -0.25) is 0 Å². The van der Waals surface area contributed by atoms with Gasteiger partial charge in [-0.05, 0) is 0 Å². The van der Waals surface area contributed by atoms with E-state index in [0.717, 1.165) is 0 Å². The lowest BCUT2D eigenvalue weighted by atomic mass is 9.97. The Morgan fingerprint density at radius 1 is 0.652 bits per heavy atom. The SMILES string of the molecule is OC[C@H]1O[C@@H](O[C@H]2[C@@H](O)[C@@H](O)[C@H](O)O[C@@H]2CO)[C@H](O)[C@H](O)[C@H]1O. The van der Waals surface area contributed by atoms with Gasteiger partial charge in [0.25, 0.3) is 0 Å². The van der Waals surface area contributed by atoms with Crippen molar-refractivity contribution in [3.05, 3.63) is 0 Å². The van der Waals surface area contributed by atoms with E-state index in [4.69, 9.17) is 19.3 Å². The molecular formula is C12H22O11. The minimum absolute atomic E-state index is 0.667. The molecule has 10 atom stereocenters. The maximum absolute atomic E-state index is 9.94. The van der Waals surface area contributed by atoms with Crippen molar-refractivity contribution in [3.63, 3.8) is 0 Å². The summed E-state index contributed by atoms with van der Waals surface area (Å²) in [6.45, 7) is -1.35. The standard InChI is InChI=1S/C12H22O11/c13-1-3-5(15)6(16)9(19)12(22-3)23-10-4(2-14)21-11(20)8(18)7(10)17/h3-20H,1-2H2/t3-,4-,5+,6-,7+,8-,9-,10-,11-,12+/m1/s1. The summed E-state index contributed by atoms with van der Waals surface area (Å²) in [6.07, 6.45) is -15.6. The van der Waals surface area contributed by atoms with Gasteiger partial charge in [-0.2, -0.15) is 0 Å². The van der Waals surface area contributed by atoms with E-state index in [2.05, 4.69) is 0 Å². The molecule has 0 aromatic rings. The maximum atomic E-state index is 9.94. The van der Waals surface area contributed by atoms with E-state index in [0.29, 0.717) is 0 Å². The fourth-order valence-corrected chi connectivity index (χ4v) is 2.57. The molecule has 0 saturated carbocycles. The van der Waals surface area contributed by atoms with Gasteiger partial charge in [0, 0.05) is 0 Å². The van der Waals surface area contributed by atoms with E-state index >= 15 is 0 Å². The maximum Gasteiger partial charge on any atom is 0.187 e. The molecule has 0 radical (unpaired) electrons. The van der Waals surface area contributed by atoms with Crippen LogP contribution in [0.2, 0.25) is 0 Å². The zero-order valence-electron chi connectivity index (χ0n) is 12.0. The molecule has 2 rings (SSSR count). The van der Waals surface area contributed by atoms with Gasteiger partial charge in [-0.15, -0.1) is 0 Å². The fraction of sp³-hybridized carbons (Fsp3) is 1.00. The second-order valence-corrected chi connectivity index (χ2v) is 5.53. The zero-order valence-corrected chi connectivity index (χ0v) is 12.0. The van der Waals surface area contributed by atoms with Gasteiger partial charge in [0.1, 0.15) is 48.8 Å². The lowest BCUT2D eigenvalue weighted by Crippen LogP contribution is -2.64. The van der Waals surface area contributed by atoms with Crippen LogP contribution < -0.4 is 0 Å². The number of ether oxygens (including phenoxy) is 3. The summed E-state index contributed by atoms with van der Waals surface area (Å²) in [6, 6.07) is 0. The number of rotatable bonds is 4. The molecule has 2 heterocycles. The third kappa shape index (κ3) is 3.65. The van der Waals surface area contributed by atoms with Gasteiger partial charge in [0.2, 0.25) is 0 Å². The molecule has 2 fully saturated rings. The van der Waals surface area contributed by atoms with Crippen molar-refractivity contribution in [2.45, 2.75) is 61.4 Å². The summed E-state index contributed by atoms with van der Waals surface area (Å²) < 4.78 is 15.3. The summed E-state index contributed by atoms with van der Waals surface area (Å²) >= 11 is 0. The van der Waals surface area contributed by atoms with Crippen LogP contribution in [0, 0.1) is 0 Å². The first kappa shape index (κ1) is 18.9. The molecule has 2 saturated heterocycles. The van der Waals surface area contributed by atoms with Crippen LogP contribution in [0.15, 0.2) is 0 Å². The summed E-state index contributed by atoms with van der Waals surface area (Å²) in [5.41, 5.74) is 0. The second-order valence-electron chi connectivity index (χ2n) is 5.53. The van der Waals surface area contributed by atoms with Gasteiger partial charge in [-0.25, -0.2) is 0 Å². The summed E-state index contributed by atoms with van der Waals surface area (Å²) in [4.78, 5) is 0. The summed E-state index contributed by atoms with van der Waals surface area (Å²) in [5, 5.41) is 76.5. The Labute approximate surface area is 130 Å². The van der Waals surface area contributed by atoms with Crippen LogP contribution in [0.5, 0.6) is 0 Å². The van der Waals surface area contributed by atoms with Crippen molar-refractivity contribution < 1.29 is 55.1 Å². The Morgan fingerprint density at radius 3 is 1.83 bits per heavy atom. The average molecular weight is 342 g/mol. The molecule has 11 nitrogen and oxygen atoms in total. The van der Waals surface area contributed by atoms with Crippen molar-refractivity contribution in [2.24, 2.45) is 0 Å². The molecule has 2 aliphatic heterocycles. The fourth-order valence-electron chi connectivity index (χ4n) is 2.57. The van der Waals surface area contributed by atoms with Crippen molar-refractivity contribution >= 4 is 0 Å². The molecule has 2 aliphatic rings. The average Bonchev–Trinajstić information content (AvgIpc) is 2.55. The molecule has 0 unspecified atom stereocenters. The first-order valence-corrected chi connectivity index (χ1v) is 7.08. The minimum atomic E-state index is -1.74. The quantitative estimate of drug-likeness (QED) is 0.243. The molecule has 23 heavy (non-hydrogen) atoms. The van der Waals surface area contributed by atoms with Gasteiger partial charge in [0.05, 0.1) is 13.2 Å². The molecule has 0 bridgehead atoms. The zero-order chi connectivity index (χ0) is 17.3. The van der Waals surface area contributed by atoms with E-state index in [9.17, 15) is 35.7 Å². The van der Waals surface area contributed by atoms with Crippen LogP contribution in [0.1, 0.15) is 0 Å². The van der Waals surface area contributed by atoms with Crippen LogP contribution in [-0.4, -0.2) is 115 Å². The molecule has 0 spiro atoms. The Kier molecular flexibility index (Phi) is 6.27. The predicted molar refractivity (Wildman–Crippen MR) is 68.6 cm³/mol. The highest BCUT2D eigenvalue weighted by Gasteiger charge is 2.50. The van der Waals surface area contributed by atoms with Crippen LogP contribution in [-0.2, 0) is 14.2 Å². The van der Waals surface area contributed by atoms with Gasteiger partial charge in [-0.1, -0.05) is 0 Å². The molecule has 0 amide bonds. The molecule has 0 aliphatic carbocycles. The first-order chi connectivity index (χ1) is 10.8. The summed E-state index contributed by atoms with van der Waals surface area (Å²) in [5.74, 6) is 0. The van der Waals surface area contributed by atoms with E-state index in [-0.39, 0.29) is 0 Å². The number of aliphatic hydroxyl groups excluding tert-OH is 8. The van der Waals surface area contributed by atoms with Crippen molar-refractivity contribution in [1.29, 1.82) is 0 Å². The number of aliphatic hydroxyl groups is 8. The predicted octanol–water partition coefficient (Wildman–Crippen LogP) is -5.40. The molecule has 11 heteroatoms. The van der Waals surface area contributed by atoms with E-state index in [1.54, 1.807) is 0 Å². The molecular weight excluding hydrogens is 320 g/mol. The molecule has 136 valence electrons. The first-order valence-electron chi connectivity index (χ1n) is 7.08. The van der Waals surface area contributed by atoms with Crippen molar-refractivity contribution in [3.8, 4) is 0 Å². The van der Waals surface area contributed by atoms with Crippen molar-refractivity contribution in [2.75, 3.05) is 13.2 Å². The number of hydrogen-bond acceptors (Lipinski definition) is 11. The van der Waals surface area contributed by atoms with Gasteiger partial charge >= 0.3 is 0 Å². The Morgan fingerprint density at radius 2 is 1.26 bits per heavy atom. The van der Waals surface area contributed by atoms with Crippen LogP contribution in [0.25, 0.3) is 0 Å². The second kappa shape index (κ2) is 7.63. The van der Waals surface area contributed by atoms with E-state index in [1.165, 1.54) is 0 Å². The van der Waals surface area contributed by atoms with Gasteiger partial charge < -0.3 is 55.1 Å². The smallest absolute Gasteiger partial charge is 0.187 e. The lowest BCUT2D eigenvalue weighted by molar-refractivity contribution is -0.355. The molecule has 8 N–H and O–H groups in total. The highest BCUT2D eigenvalue weighted by Crippen LogP contribution is 2.28. The third-order valence-electron chi connectivity index (χ3n) is 3.98. The van der Waals surface area contributed by atoms with Crippen LogP contribution in [0.4, 0.5) is 0 Å². The minimum Gasteiger partial charge on any atom is -0.394 e. The highest BCUT2D eigenvalue weighted by atomic mass is 16.7. The Bertz CT molecular complexity index is 378. The lowest BCUT2D eigenvalue weighted by Gasteiger charge is -2.45. The van der Waals surface area contributed by atoms with E-state index < -0.39 is 74.6 Å². The summed E-state index contributed by atoms with van der Waals surface area (Å²) in [7, 11) is 0. The van der Waals surface area contributed by atoms with Crippen molar-refractivity contribution in [1.82, 2.24) is 0 Å². The van der Waals surface area contributed by atoms with Gasteiger partial charge in [0.15, 0.2) is 12.6 Å². The normalized spacial score (nSPS) is 51.7. The largest absolute Gasteiger partial charge is 0.394 e. The monoisotopic (exact) mass is 342 g/mol. The topological polar surface area (TPSA) is 190 Å². The third-order valence-corrected chi connectivity index (χ3v) is 3.98. The van der Waals surface area contributed by atoms with Crippen LogP contribution in [0.3, 0.4) is 0 Å². The number of hydrogen-bond donors (Lipinski definition) is 8. The van der Waals surface area contributed by atoms with E-state index in [1.807, 2.05) is 0 Å². The highest BCUT2D eigenvalue weighted by molar-refractivity contribution is 4.93. The molecule has 0 aromatic carbocycles. The van der Waals surface area contributed by atoms with Crippen LogP contribution >= 0.6 is 0 Å². The Hall–Kier alpha value is -0.440. The molecule has 0 aromatic heterocycles.